The predicted octanol–water partition coefficient (Wildman–Crippen LogP) is 2.23. The first-order valence-electron chi connectivity index (χ1n) is 8.73. The molecule has 0 bridgehead atoms. The van der Waals surface area contributed by atoms with Crippen molar-refractivity contribution in [1.29, 1.82) is 0 Å². The van der Waals surface area contributed by atoms with Gasteiger partial charge >= 0.3 is 5.91 Å². The van der Waals surface area contributed by atoms with Gasteiger partial charge in [-0.1, -0.05) is 23.4 Å². The Morgan fingerprint density at radius 1 is 1.23 bits per heavy atom. The van der Waals surface area contributed by atoms with Gasteiger partial charge in [0.2, 0.25) is 10.0 Å². The molecule has 3 rings (SSSR count). The van der Waals surface area contributed by atoms with E-state index in [1.807, 2.05) is 0 Å². The Balaban J connectivity index is 2.31. The van der Waals surface area contributed by atoms with Crippen molar-refractivity contribution < 1.29 is 23.2 Å². The van der Waals surface area contributed by atoms with Crippen molar-refractivity contribution in [2.24, 2.45) is 5.14 Å². The molecule has 0 aliphatic heterocycles. The zero-order valence-electron chi connectivity index (χ0n) is 16.4. The monoisotopic (exact) mass is 429 g/mol. The molecule has 0 radical (unpaired) electrons. The maximum absolute atomic E-state index is 12.2. The lowest BCUT2D eigenvalue weighted by Gasteiger charge is -2.17. The van der Waals surface area contributed by atoms with E-state index >= 15 is 0 Å². The molecular formula is C20H21N4O5S+. The number of hydrogen-bond acceptors (Lipinski definition) is 6. The van der Waals surface area contributed by atoms with Crippen molar-refractivity contribution >= 4 is 21.7 Å². The summed E-state index contributed by atoms with van der Waals surface area (Å²) in [5, 5.41) is 20.4. The highest BCUT2D eigenvalue weighted by Gasteiger charge is 2.36. The number of nitrogens with two attached hydrogens (primary N) is 1. The molecule has 30 heavy (non-hydrogen) atoms. The molecule has 156 valence electrons. The first-order chi connectivity index (χ1) is 14.1. The minimum absolute atomic E-state index is 0.0325. The van der Waals surface area contributed by atoms with E-state index in [0.717, 1.165) is 6.08 Å². The number of nitrogens with zero attached hydrogens (tertiary/aromatic N) is 3. The Morgan fingerprint density at radius 2 is 1.87 bits per heavy atom. The molecule has 10 heteroatoms. The van der Waals surface area contributed by atoms with Crippen LogP contribution in [0.4, 0.5) is 5.82 Å². The number of benzene rings is 2. The van der Waals surface area contributed by atoms with Gasteiger partial charge in [0.05, 0.1) is 24.6 Å². The second kappa shape index (κ2) is 7.84. The van der Waals surface area contributed by atoms with E-state index in [1.54, 1.807) is 30.3 Å². The van der Waals surface area contributed by atoms with Gasteiger partial charge in [-0.25, -0.2) is 28.2 Å². The van der Waals surface area contributed by atoms with Gasteiger partial charge in [0.1, 0.15) is 17.7 Å². The van der Waals surface area contributed by atoms with Gasteiger partial charge in [-0.2, -0.15) is 0 Å². The lowest BCUT2D eigenvalue weighted by Crippen LogP contribution is -2.46. The van der Waals surface area contributed by atoms with Crippen LogP contribution in [-0.2, 0) is 14.8 Å². The van der Waals surface area contributed by atoms with Gasteiger partial charge in [0, 0.05) is 11.6 Å². The van der Waals surface area contributed by atoms with Crippen molar-refractivity contribution in [3.05, 3.63) is 67.3 Å². The van der Waals surface area contributed by atoms with Crippen molar-refractivity contribution in [1.82, 2.24) is 14.4 Å². The number of para-hydroxylation sites is 1. The average molecular weight is 429 g/mol. The van der Waals surface area contributed by atoms with Crippen LogP contribution in [0.15, 0.2) is 72.1 Å². The van der Waals surface area contributed by atoms with E-state index < -0.39 is 20.6 Å². The third kappa shape index (κ3) is 3.89. The number of quaternary nitrogens is 1. The Hall–Kier alpha value is -3.31. The molecule has 1 heterocycles. The molecule has 1 unspecified atom stereocenters. The number of carbonyl (C=O) groups excluding carboxylic acids is 1. The zero-order valence-corrected chi connectivity index (χ0v) is 17.2. The second-order valence-electron chi connectivity index (χ2n) is 6.54. The fourth-order valence-corrected chi connectivity index (χ4v) is 3.61. The maximum Gasteiger partial charge on any atom is 0.376 e. The molecule has 0 aliphatic carbocycles. The number of aromatic nitrogens is 2. The van der Waals surface area contributed by atoms with Gasteiger partial charge in [-0.05, 0) is 36.4 Å². The largest absolute Gasteiger partial charge is 0.497 e. The standard InChI is InChI=1S/C20H21N4O5S/c1-4-20(25)24(2,26)19-13-17(14-9-11-15(29-3)12-10-14)23(22-19)16-7-5-6-8-18(16)30(21,27)28/h4-13,26H,1H2,2-3H3,(H2,21,27,28)/q+1. The molecular weight excluding hydrogens is 408 g/mol. The molecule has 0 fully saturated rings. The molecule has 0 aliphatic rings. The number of sulfonamides is 1. The highest BCUT2D eigenvalue weighted by Crippen LogP contribution is 2.32. The summed E-state index contributed by atoms with van der Waals surface area (Å²) < 4.78 is 29.5. The van der Waals surface area contributed by atoms with Gasteiger partial charge in [0.25, 0.3) is 5.82 Å². The quantitative estimate of drug-likeness (QED) is 0.268. The van der Waals surface area contributed by atoms with Gasteiger partial charge in [0.15, 0.2) is 0 Å². The van der Waals surface area contributed by atoms with Crippen LogP contribution in [0.3, 0.4) is 0 Å². The number of primary sulfonamides is 1. The molecule has 2 aromatic carbocycles. The number of hydrogen-bond donors (Lipinski definition) is 2. The van der Waals surface area contributed by atoms with Crippen LogP contribution >= 0.6 is 0 Å². The normalized spacial score (nSPS) is 13.5. The third-order valence-electron chi connectivity index (χ3n) is 4.53. The highest BCUT2D eigenvalue weighted by molar-refractivity contribution is 7.89. The van der Waals surface area contributed by atoms with E-state index in [4.69, 9.17) is 9.88 Å². The van der Waals surface area contributed by atoms with Crippen molar-refractivity contribution in [2.75, 3.05) is 14.2 Å². The lowest BCUT2D eigenvalue weighted by molar-refractivity contribution is -0.151. The topological polar surface area (TPSA) is 125 Å². The molecule has 3 N–H and O–H groups in total. The first-order valence-corrected chi connectivity index (χ1v) is 10.3. The van der Waals surface area contributed by atoms with Crippen LogP contribution < -0.4 is 14.5 Å². The number of methoxy groups -OCH3 is 1. The predicted molar refractivity (Wildman–Crippen MR) is 112 cm³/mol. The molecule has 1 amide bonds. The molecule has 0 saturated carbocycles. The minimum Gasteiger partial charge on any atom is -0.497 e. The lowest BCUT2D eigenvalue weighted by atomic mass is 10.1. The van der Waals surface area contributed by atoms with E-state index in [0.29, 0.717) is 17.0 Å². The van der Waals surface area contributed by atoms with Crippen LogP contribution in [-0.4, -0.2) is 43.5 Å². The Bertz CT molecular complexity index is 1210. The fourth-order valence-electron chi connectivity index (χ4n) is 2.90. The smallest absolute Gasteiger partial charge is 0.376 e. The summed E-state index contributed by atoms with van der Waals surface area (Å²) >= 11 is 0. The third-order valence-corrected chi connectivity index (χ3v) is 5.49. The molecule has 0 saturated heterocycles. The van der Waals surface area contributed by atoms with Crippen LogP contribution in [0, 0.1) is 0 Å². The molecule has 9 nitrogen and oxygen atoms in total. The van der Waals surface area contributed by atoms with E-state index in [9.17, 15) is 18.4 Å². The molecule has 1 aromatic heterocycles. The van der Waals surface area contributed by atoms with Crippen LogP contribution in [0.5, 0.6) is 5.75 Å². The number of amides is 1. The number of likely N-dealkylation sites (N-methyl/N-ethyl adjacent to an activating group) is 1. The van der Waals surface area contributed by atoms with E-state index in [1.165, 1.54) is 43.1 Å². The first kappa shape index (κ1) is 21.4. The summed E-state index contributed by atoms with van der Waals surface area (Å²) in [6.45, 7) is 3.39. The molecule has 1 atom stereocenters. The van der Waals surface area contributed by atoms with Gasteiger partial charge in [-0.15, -0.1) is 5.10 Å². The van der Waals surface area contributed by atoms with Crippen molar-refractivity contribution in [3.8, 4) is 22.7 Å². The zero-order chi connectivity index (χ0) is 22.1. The molecule has 0 spiro atoms. The SMILES string of the molecule is C=CC(=O)[N+](C)(O)c1cc(-c2ccc(OC)cc2)n(-c2ccccc2S(N)(=O)=O)n1. The van der Waals surface area contributed by atoms with Crippen LogP contribution in [0.1, 0.15) is 0 Å². The summed E-state index contributed by atoms with van der Waals surface area (Å²) in [7, 11) is -1.30. The number of rotatable bonds is 6. The van der Waals surface area contributed by atoms with E-state index in [-0.39, 0.29) is 16.4 Å². The van der Waals surface area contributed by atoms with Crippen LogP contribution in [0.2, 0.25) is 0 Å². The maximum atomic E-state index is 12.2. The summed E-state index contributed by atoms with van der Waals surface area (Å²) in [6, 6.07) is 14.5. The van der Waals surface area contributed by atoms with Crippen molar-refractivity contribution in [2.45, 2.75) is 4.90 Å². The number of hydroxylamine groups is 2. The van der Waals surface area contributed by atoms with Gasteiger partial charge < -0.3 is 4.74 Å². The summed E-state index contributed by atoms with van der Waals surface area (Å²) in [5.74, 6) is -0.116. The number of carbonyl (C=O) groups is 1. The Labute approximate surface area is 173 Å². The molecule has 3 aromatic rings. The van der Waals surface area contributed by atoms with Gasteiger partial charge in [-0.3, -0.25) is 0 Å². The highest BCUT2D eigenvalue weighted by atomic mass is 32.2. The minimum atomic E-state index is -4.07. The van der Waals surface area contributed by atoms with Crippen LogP contribution in [0.25, 0.3) is 16.9 Å². The average Bonchev–Trinajstić information content (AvgIpc) is 3.18. The van der Waals surface area contributed by atoms with E-state index in [2.05, 4.69) is 11.7 Å². The second-order valence-corrected chi connectivity index (χ2v) is 8.07. The Kier molecular flexibility index (Phi) is 5.59. The van der Waals surface area contributed by atoms with Crippen molar-refractivity contribution in [3.63, 3.8) is 0 Å². The fraction of sp³-hybridized carbons (Fsp3) is 0.100. The summed E-state index contributed by atoms with van der Waals surface area (Å²) in [5.41, 5.74) is 1.24. The summed E-state index contributed by atoms with van der Waals surface area (Å²) in [4.78, 5) is 12.0. The number of ether oxygens (including phenoxy) is 1. The Morgan fingerprint density at radius 3 is 2.43 bits per heavy atom. The summed E-state index contributed by atoms with van der Waals surface area (Å²) in [6.07, 6.45) is 0.977.